The molecule has 2 heteroatoms. The van der Waals surface area contributed by atoms with Gasteiger partial charge in [-0.25, -0.2) is 4.57 Å². The number of hydrogen-bond donors (Lipinski definition) is 0. The minimum Gasteiger partial charge on any atom is -0.323 e. The fourth-order valence-electron chi connectivity index (χ4n) is 3.94. The van der Waals surface area contributed by atoms with Gasteiger partial charge >= 0.3 is 0 Å². The Morgan fingerprint density at radius 3 is 2.58 bits per heavy atom. The van der Waals surface area contributed by atoms with Gasteiger partial charge in [0.25, 0.3) is 0 Å². The molecule has 0 saturated heterocycles. The molecule has 0 fully saturated rings. The molecule has 0 amide bonds. The van der Waals surface area contributed by atoms with Gasteiger partial charge in [0.05, 0.1) is 5.56 Å². The highest BCUT2D eigenvalue weighted by Crippen LogP contribution is 2.31. The van der Waals surface area contributed by atoms with E-state index < -0.39 is 0 Å². The molecular weight excluding hydrogens is 316 g/mol. The van der Waals surface area contributed by atoms with Gasteiger partial charge in [-0.3, -0.25) is 0 Å². The minimum absolute atomic E-state index is 0.296. The largest absolute Gasteiger partial charge is 0.323 e. The molecular formula is C24H27N2+. The fraction of sp³-hybridized carbons (Fsp3) is 0.292. The van der Waals surface area contributed by atoms with Crippen LogP contribution < -0.4 is 4.57 Å². The zero-order valence-corrected chi connectivity index (χ0v) is 16.4. The Labute approximate surface area is 155 Å². The van der Waals surface area contributed by atoms with Crippen LogP contribution in [0.4, 0.5) is 0 Å². The van der Waals surface area contributed by atoms with Crippen LogP contribution in [-0.2, 0) is 13.5 Å². The summed E-state index contributed by atoms with van der Waals surface area (Å²) < 4.78 is 4.47. The molecule has 0 atom stereocenters. The Bertz CT molecular complexity index is 1110. The van der Waals surface area contributed by atoms with Crippen molar-refractivity contribution in [2.24, 2.45) is 12.5 Å². The third-order valence-electron chi connectivity index (χ3n) is 5.06. The average Bonchev–Trinajstić information content (AvgIpc) is 3.00. The quantitative estimate of drug-likeness (QED) is 0.426. The van der Waals surface area contributed by atoms with Gasteiger partial charge in [-0.15, -0.1) is 0 Å². The summed E-state index contributed by atoms with van der Waals surface area (Å²) in [5.41, 5.74) is 6.82. The number of nitrogens with zero attached hydrogens (tertiary/aromatic N) is 2. The Morgan fingerprint density at radius 2 is 1.85 bits per heavy atom. The van der Waals surface area contributed by atoms with Crippen molar-refractivity contribution < 1.29 is 4.57 Å². The van der Waals surface area contributed by atoms with E-state index in [-0.39, 0.29) is 0 Å². The molecule has 3 heterocycles. The summed E-state index contributed by atoms with van der Waals surface area (Å²) in [7, 11) is 2.16. The van der Waals surface area contributed by atoms with Gasteiger partial charge in [-0.1, -0.05) is 32.9 Å². The second-order valence-corrected chi connectivity index (χ2v) is 8.65. The molecule has 132 valence electrons. The summed E-state index contributed by atoms with van der Waals surface area (Å²) >= 11 is 0. The highest BCUT2D eigenvalue weighted by molar-refractivity contribution is 5.98. The van der Waals surface area contributed by atoms with Crippen molar-refractivity contribution in [3.05, 3.63) is 72.2 Å². The van der Waals surface area contributed by atoms with Gasteiger partial charge in [-0.2, -0.15) is 0 Å². The number of aromatic nitrogens is 2. The van der Waals surface area contributed by atoms with Crippen molar-refractivity contribution in [3.63, 3.8) is 0 Å². The third-order valence-corrected chi connectivity index (χ3v) is 5.06. The Kier molecular flexibility index (Phi) is 3.87. The van der Waals surface area contributed by atoms with Crippen molar-refractivity contribution in [2.45, 2.75) is 34.1 Å². The lowest BCUT2D eigenvalue weighted by atomic mass is 9.88. The van der Waals surface area contributed by atoms with Crippen LogP contribution in [0.1, 0.15) is 31.9 Å². The van der Waals surface area contributed by atoms with Crippen molar-refractivity contribution in [3.8, 4) is 11.3 Å². The predicted octanol–water partition coefficient (Wildman–Crippen LogP) is 5.48. The van der Waals surface area contributed by atoms with E-state index in [0.29, 0.717) is 5.41 Å². The van der Waals surface area contributed by atoms with Crippen molar-refractivity contribution in [1.29, 1.82) is 0 Å². The molecule has 4 rings (SSSR count). The number of benzene rings is 1. The molecule has 0 aliphatic carbocycles. The molecule has 0 saturated carbocycles. The summed E-state index contributed by atoms with van der Waals surface area (Å²) in [6.07, 6.45) is 7.70. The molecule has 0 radical (unpaired) electrons. The maximum Gasteiger partial charge on any atom is 0.213 e. The van der Waals surface area contributed by atoms with Crippen LogP contribution in [0.15, 0.2) is 61.1 Å². The van der Waals surface area contributed by atoms with Crippen LogP contribution in [0.2, 0.25) is 0 Å². The zero-order valence-electron chi connectivity index (χ0n) is 16.4. The van der Waals surface area contributed by atoms with E-state index in [0.717, 1.165) is 6.42 Å². The second kappa shape index (κ2) is 5.98. The lowest BCUT2D eigenvalue weighted by molar-refractivity contribution is -0.660. The summed E-state index contributed by atoms with van der Waals surface area (Å²) in [5.74, 6) is 0. The molecule has 4 aromatic rings. The topological polar surface area (TPSA) is 8.29 Å². The SMILES string of the molecule is Cc1ccc2cn3cccc3cc2c1-c1ccc(CC(C)(C)C)c[n+]1C. The summed E-state index contributed by atoms with van der Waals surface area (Å²) in [5, 5.41) is 2.59. The summed E-state index contributed by atoms with van der Waals surface area (Å²) in [4.78, 5) is 0. The molecule has 0 aliphatic heterocycles. The van der Waals surface area contributed by atoms with E-state index in [1.807, 2.05) is 0 Å². The standard InChI is InChI=1S/C24H27N2/c1-17-8-10-19-16-26-12-6-7-20(26)13-21(19)23(17)22-11-9-18(15-25(22)5)14-24(2,3)4/h6-13,15-16H,14H2,1-5H3/q+1. The van der Waals surface area contributed by atoms with Crippen LogP contribution in [-0.4, -0.2) is 4.40 Å². The molecule has 0 spiro atoms. The number of hydrogen-bond acceptors (Lipinski definition) is 0. The van der Waals surface area contributed by atoms with E-state index in [1.165, 1.54) is 38.7 Å². The van der Waals surface area contributed by atoms with E-state index in [1.54, 1.807) is 0 Å². The second-order valence-electron chi connectivity index (χ2n) is 8.65. The smallest absolute Gasteiger partial charge is 0.213 e. The van der Waals surface area contributed by atoms with E-state index in [4.69, 9.17) is 0 Å². The monoisotopic (exact) mass is 343 g/mol. The van der Waals surface area contributed by atoms with Gasteiger partial charge in [0.1, 0.15) is 7.05 Å². The maximum atomic E-state index is 2.31. The highest BCUT2D eigenvalue weighted by atomic mass is 14.9. The first kappa shape index (κ1) is 16.8. The van der Waals surface area contributed by atoms with Gasteiger partial charge in [0.2, 0.25) is 5.69 Å². The van der Waals surface area contributed by atoms with Crippen LogP contribution in [0.3, 0.4) is 0 Å². The van der Waals surface area contributed by atoms with Crippen LogP contribution >= 0.6 is 0 Å². The molecule has 3 aromatic heterocycles. The molecule has 0 aliphatic rings. The predicted molar refractivity (Wildman–Crippen MR) is 109 cm³/mol. The average molecular weight is 343 g/mol. The Morgan fingerprint density at radius 1 is 1.04 bits per heavy atom. The number of aryl methyl sites for hydroxylation is 2. The highest BCUT2D eigenvalue weighted by Gasteiger charge is 2.19. The normalized spacial score (nSPS) is 12.2. The van der Waals surface area contributed by atoms with Crippen molar-refractivity contribution in [2.75, 3.05) is 0 Å². The lowest BCUT2D eigenvalue weighted by Crippen LogP contribution is -2.32. The third kappa shape index (κ3) is 3.01. The van der Waals surface area contributed by atoms with Crippen molar-refractivity contribution >= 4 is 16.3 Å². The molecule has 2 nitrogen and oxygen atoms in total. The van der Waals surface area contributed by atoms with Gasteiger partial charge in [0, 0.05) is 29.5 Å². The van der Waals surface area contributed by atoms with E-state index in [2.05, 4.69) is 105 Å². The minimum atomic E-state index is 0.296. The van der Waals surface area contributed by atoms with Crippen LogP contribution in [0, 0.1) is 12.3 Å². The number of pyridine rings is 2. The summed E-state index contributed by atoms with van der Waals surface area (Å²) in [6.45, 7) is 9.08. The molecule has 26 heavy (non-hydrogen) atoms. The molecule has 0 unspecified atom stereocenters. The molecule has 0 bridgehead atoms. The van der Waals surface area contributed by atoms with Gasteiger partial charge < -0.3 is 4.40 Å². The summed E-state index contributed by atoms with van der Waals surface area (Å²) in [6, 6.07) is 15.6. The van der Waals surface area contributed by atoms with E-state index >= 15 is 0 Å². The first-order valence-corrected chi connectivity index (χ1v) is 9.31. The maximum absolute atomic E-state index is 2.31. The fourth-order valence-corrected chi connectivity index (χ4v) is 3.94. The van der Waals surface area contributed by atoms with Crippen LogP contribution in [0.25, 0.3) is 27.5 Å². The van der Waals surface area contributed by atoms with Crippen molar-refractivity contribution in [1.82, 2.24) is 4.40 Å². The Balaban J connectivity index is 1.92. The van der Waals surface area contributed by atoms with Gasteiger partial charge in [-0.05, 0) is 59.4 Å². The first-order chi connectivity index (χ1) is 12.3. The lowest BCUT2D eigenvalue weighted by Gasteiger charge is -2.17. The van der Waals surface area contributed by atoms with Crippen LogP contribution in [0.5, 0.6) is 0 Å². The number of rotatable bonds is 2. The first-order valence-electron chi connectivity index (χ1n) is 9.31. The number of fused-ring (bicyclic) bond motifs is 2. The zero-order chi connectivity index (χ0) is 18.5. The Hall–Kier alpha value is -2.61. The van der Waals surface area contributed by atoms with E-state index in [9.17, 15) is 0 Å². The molecule has 1 aromatic carbocycles. The molecule has 0 N–H and O–H groups in total. The van der Waals surface area contributed by atoms with Gasteiger partial charge in [0.15, 0.2) is 6.20 Å².